The zero-order valence-corrected chi connectivity index (χ0v) is 17.3. The molecule has 0 bridgehead atoms. The molecule has 31 heavy (non-hydrogen) atoms. The number of carbonyl (C=O) groups is 1. The maximum absolute atomic E-state index is 13.2. The Morgan fingerprint density at radius 3 is 2.39 bits per heavy atom. The molecular formula is C18H15ClF3N3O5S. The molecule has 13 heteroatoms. The van der Waals surface area contributed by atoms with Crippen LogP contribution in [0.1, 0.15) is 23.7 Å². The lowest BCUT2D eigenvalue weighted by atomic mass is 9.94. The Hall–Kier alpha value is -2.88. The third kappa shape index (κ3) is 5.43. The normalized spacial score (nSPS) is 13.8. The summed E-state index contributed by atoms with van der Waals surface area (Å²) in [7, 11) is -3.96. The van der Waals surface area contributed by atoms with Crippen molar-refractivity contribution in [3.8, 4) is 6.07 Å². The second-order valence-corrected chi connectivity index (χ2v) is 9.21. The number of nitrogens with one attached hydrogen (secondary N) is 1. The standard InChI is InChI=1S/C18H15ClF3N3O5S/c1-2-31(29,30)10-17(27,11-3-5-12(19)6-4-11)16(26)24-13-7-14(18(20,21)22)15(8-23)25(28)9-13/h3-7,9,27H,2,10H2,1H3,(H,24,26). The molecule has 2 rings (SSSR count). The van der Waals surface area contributed by atoms with Crippen LogP contribution in [0.15, 0.2) is 36.5 Å². The molecule has 0 aliphatic rings. The lowest BCUT2D eigenvalue weighted by Gasteiger charge is -2.27. The summed E-state index contributed by atoms with van der Waals surface area (Å²) >= 11 is 5.77. The third-order valence-corrected chi connectivity index (χ3v) is 6.26. The van der Waals surface area contributed by atoms with Crippen LogP contribution in [-0.4, -0.2) is 30.9 Å². The van der Waals surface area contributed by atoms with E-state index in [9.17, 15) is 36.7 Å². The summed E-state index contributed by atoms with van der Waals surface area (Å²) in [6.45, 7) is 1.28. The first-order valence-electron chi connectivity index (χ1n) is 8.48. The zero-order chi connectivity index (χ0) is 23.6. The summed E-state index contributed by atoms with van der Waals surface area (Å²) in [6.07, 6.45) is -4.60. The van der Waals surface area contributed by atoms with Crippen molar-refractivity contribution in [3.63, 3.8) is 0 Å². The van der Waals surface area contributed by atoms with Crippen LogP contribution in [0.3, 0.4) is 0 Å². The van der Waals surface area contributed by atoms with E-state index in [0.717, 1.165) is 6.07 Å². The Labute approximate surface area is 180 Å². The summed E-state index contributed by atoms with van der Waals surface area (Å²) in [5.74, 6) is -2.90. The topological polar surface area (TPSA) is 134 Å². The lowest BCUT2D eigenvalue weighted by Crippen LogP contribution is -2.46. The van der Waals surface area contributed by atoms with E-state index in [1.807, 2.05) is 5.32 Å². The maximum Gasteiger partial charge on any atom is 0.423 e. The van der Waals surface area contributed by atoms with E-state index in [0.29, 0.717) is 12.3 Å². The number of benzene rings is 1. The van der Waals surface area contributed by atoms with Gasteiger partial charge in [0.2, 0.25) is 6.20 Å². The SMILES string of the molecule is CCS(=O)(=O)CC(O)(C(=O)Nc1cc(C(F)(F)F)c(C#N)[n+]([O-])c1)c1ccc(Cl)cc1. The van der Waals surface area contributed by atoms with Gasteiger partial charge < -0.3 is 15.6 Å². The third-order valence-electron chi connectivity index (χ3n) is 4.27. The Morgan fingerprint density at radius 2 is 1.90 bits per heavy atom. The van der Waals surface area contributed by atoms with Crippen molar-refractivity contribution >= 4 is 33.0 Å². The Kier molecular flexibility index (Phi) is 6.84. The summed E-state index contributed by atoms with van der Waals surface area (Å²) < 4.78 is 63.4. The number of sulfone groups is 1. The van der Waals surface area contributed by atoms with E-state index in [2.05, 4.69) is 0 Å². The zero-order valence-electron chi connectivity index (χ0n) is 15.8. The number of halogens is 4. The van der Waals surface area contributed by atoms with Gasteiger partial charge in [-0.15, -0.1) is 0 Å². The van der Waals surface area contributed by atoms with Crippen LogP contribution in [-0.2, 0) is 26.4 Å². The average molecular weight is 478 g/mol. The van der Waals surface area contributed by atoms with Gasteiger partial charge in [0.1, 0.15) is 11.3 Å². The number of carbonyl (C=O) groups excluding carboxylic acids is 1. The number of aliphatic hydroxyl groups is 1. The fourth-order valence-electron chi connectivity index (χ4n) is 2.63. The average Bonchev–Trinajstić information content (AvgIpc) is 2.67. The molecule has 2 aromatic rings. The molecule has 0 fully saturated rings. The van der Waals surface area contributed by atoms with Crippen LogP contribution >= 0.6 is 11.6 Å². The number of rotatable bonds is 6. The number of nitriles is 1. The first-order valence-corrected chi connectivity index (χ1v) is 10.7. The monoisotopic (exact) mass is 477 g/mol. The van der Waals surface area contributed by atoms with Gasteiger partial charge >= 0.3 is 11.9 Å². The summed E-state index contributed by atoms with van der Waals surface area (Å²) in [6, 6.07) is 6.39. The molecule has 0 radical (unpaired) electrons. The predicted octanol–water partition coefficient (Wildman–Crippen LogP) is 2.12. The number of aromatic nitrogens is 1. The number of amides is 1. The van der Waals surface area contributed by atoms with E-state index < -0.39 is 56.0 Å². The van der Waals surface area contributed by atoms with Crippen molar-refractivity contribution in [1.29, 1.82) is 5.26 Å². The summed E-state index contributed by atoms with van der Waals surface area (Å²) in [4.78, 5) is 12.8. The van der Waals surface area contributed by atoms with Gasteiger partial charge in [-0.25, -0.2) is 8.42 Å². The molecule has 1 amide bonds. The van der Waals surface area contributed by atoms with Gasteiger partial charge in [-0.1, -0.05) is 30.7 Å². The van der Waals surface area contributed by atoms with Crippen LogP contribution in [0.25, 0.3) is 0 Å². The smallest absolute Gasteiger partial charge is 0.423 e. The van der Waals surface area contributed by atoms with Crippen molar-refractivity contribution in [3.05, 3.63) is 63.6 Å². The largest absolute Gasteiger partial charge is 0.618 e. The highest BCUT2D eigenvalue weighted by Crippen LogP contribution is 2.33. The van der Waals surface area contributed by atoms with E-state index in [4.69, 9.17) is 16.9 Å². The molecule has 1 unspecified atom stereocenters. The van der Waals surface area contributed by atoms with Crippen LogP contribution in [0.5, 0.6) is 0 Å². The van der Waals surface area contributed by atoms with Gasteiger partial charge in [0, 0.05) is 10.8 Å². The molecule has 0 aliphatic carbocycles. The van der Waals surface area contributed by atoms with Crippen LogP contribution in [0.4, 0.5) is 18.9 Å². The Bertz CT molecular complexity index is 1150. The lowest BCUT2D eigenvalue weighted by molar-refractivity contribution is -0.608. The second kappa shape index (κ2) is 8.70. The van der Waals surface area contributed by atoms with Crippen molar-refractivity contribution < 1.29 is 36.2 Å². The maximum atomic E-state index is 13.2. The fraction of sp³-hybridized carbons (Fsp3) is 0.278. The van der Waals surface area contributed by atoms with Gasteiger partial charge in [-0.3, -0.25) is 4.79 Å². The van der Waals surface area contributed by atoms with Crippen molar-refractivity contribution in [2.45, 2.75) is 18.7 Å². The van der Waals surface area contributed by atoms with Gasteiger partial charge in [0.05, 0.1) is 5.75 Å². The van der Waals surface area contributed by atoms with Crippen LogP contribution in [0.2, 0.25) is 5.02 Å². The molecule has 0 spiro atoms. The van der Waals surface area contributed by atoms with Crippen molar-refractivity contribution in [2.24, 2.45) is 0 Å². The molecule has 0 saturated heterocycles. The van der Waals surface area contributed by atoms with Crippen molar-refractivity contribution in [1.82, 2.24) is 0 Å². The first kappa shape index (κ1) is 24.4. The van der Waals surface area contributed by atoms with Crippen molar-refractivity contribution in [2.75, 3.05) is 16.8 Å². The van der Waals surface area contributed by atoms with E-state index in [1.54, 1.807) is 0 Å². The minimum absolute atomic E-state index is 0.189. The summed E-state index contributed by atoms with van der Waals surface area (Å²) in [5, 5.41) is 33.8. The highest BCUT2D eigenvalue weighted by molar-refractivity contribution is 7.91. The van der Waals surface area contributed by atoms with Gasteiger partial charge in [0.15, 0.2) is 21.5 Å². The number of anilines is 1. The minimum Gasteiger partial charge on any atom is -0.618 e. The molecule has 1 aromatic heterocycles. The highest BCUT2D eigenvalue weighted by Gasteiger charge is 2.43. The number of alkyl halides is 3. The minimum atomic E-state index is -5.09. The molecular weight excluding hydrogens is 463 g/mol. The van der Waals surface area contributed by atoms with Gasteiger partial charge in [-0.2, -0.15) is 23.2 Å². The van der Waals surface area contributed by atoms with E-state index >= 15 is 0 Å². The molecule has 0 aliphatic heterocycles. The molecule has 8 nitrogen and oxygen atoms in total. The Balaban J connectivity index is 2.56. The molecule has 1 atom stereocenters. The molecule has 0 saturated carbocycles. The second-order valence-electron chi connectivity index (χ2n) is 6.42. The number of pyridine rings is 1. The molecule has 166 valence electrons. The fourth-order valence-corrected chi connectivity index (χ4v) is 3.89. The summed E-state index contributed by atoms with van der Waals surface area (Å²) in [5.41, 5.74) is -6.45. The van der Waals surface area contributed by atoms with E-state index in [-0.39, 0.29) is 15.3 Å². The van der Waals surface area contributed by atoms with Crippen LogP contribution in [0, 0.1) is 16.5 Å². The predicted molar refractivity (Wildman–Crippen MR) is 103 cm³/mol. The molecule has 1 aromatic carbocycles. The van der Waals surface area contributed by atoms with Gasteiger partial charge in [-0.05, 0) is 23.8 Å². The van der Waals surface area contributed by atoms with Gasteiger partial charge in [0.25, 0.3) is 5.91 Å². The number of hydrogen-bond acceptors (Lipinski definition) is 6. The Morgan fingerprint density at radius 1 is 1.32 bits per heavy atom. The number of hydrogen-bond donors (Lipinski definition) is 2. The molecule has 1 heterocycles. The molecule has 2 N–H and O–H groups in total. The van der Waals surface area contributed by atoms with Crippen LogP contribution < -0.4 is 10.0 Å². The number of nitrogens with zero attached hydrogens (tertiary/aromatic N) is 2. The quantitative estimate of drug-likeness (QED) is 0.483. The first-order chi connectivity index (χ1) is 14.2. The van der Waals surface area contributed by atoms with E-state index in [1.165, 1.54) is 31.2 Å². The highest BCUT2D eigenvalue weighted by atomic mass is 35.5.